The van der Waals surface area contributed by atoms with Gasteiger partial charge in [-0.1, -0.05) is 15.9 Å². The van der Waals surface area contributed by atoms with Crippen LogP contribution < -0.4 is 4.74 Å². The van der Waals surface area contributed by atoms with Gasteiger partial charge in [-0.2, -0.15) is 5.26 Å². The first-order valence-electron chi connectivity index (χ1n) is 5.36. The molecule has 0 saturated carbocycles. The maximum atomic E-state index is 13.5. The Balaban J connectivity index is 2.16. The molecule has 0 N–H and O–H groups in total. The van der Waals surface area contributed by atoms with E-state index in [0.717, 1.165) is 0 Å². The van der Waals surface area contributed by atoms with E-state index in [4.69, 9.17) is 10.00 Å². The average Bonchev–Trinajstić information content (AvgIpc) is 2.37. The molecular formula is C14H8BrF2NO. The number of nitrogens with zero attached hydrogens (tertiary/aromatic N) is 1. The number of hydrogen-bond acceptors (Lipinski definition) is 2. The molecular weight excluding hydrogens is 316 g/mol. The predicted octanol–water partition coefficient (Wildman–Crippen LogP) is 4.18. The van der Waals surface area contributed by atoms with Gasteiger partial charge >= 0.3 is 0 Å². The molecule has 0 spiro atoms. The monoisotopic (exact) mass is 323 g/mol. The van der Waals surface area contributed by atoms with Gasteiger partial charge in [-0.25, -0.2) is 8.78 Å². The van der Waals surface area contributed by atoms with E-state index >= 15 is 0 Å². The standard InChI is InChI=1S/C14H8BrF2NO/c15-11-4-12(16)6-13(5-11)19-8-10-3-9(7-18)1-2-14(10)17/h1-6H,8H2. The lowest BCUT2D eigenvalue weighted by atomic mass is 10.1. The van der Waals surface area contributed by atoms with Crippen LogP contribution in [-0.4, -0.2) is 0 Å². The van der Waals surface area contributed by atoms with Gasteiger partial charge < -0.3 is 4.74 Å². The van der Waals surface area contributed by atoms with Crippen LogP contribution in [0.4, 0.5) is 8.78 Å². The zero-order valence-electron chi connectivity index (χ0n) is 9.66. The van der Waals surface area contributed by atoms with E-state index in [0.29, 0.717) is 10.0 Å². The summed E-state index contributed by atoms with van der Waals surface area (Å²) in [6, 6.07) is 10.0. The first-order chi connectivity index (χ1) is 9.08. The molecule has 0 heterocycles. The molecule has 2 aromatic rings. The summed E-state index contributed by atoms with van der Waals surface area (Å²) < 4.78 is 32.5. The molecule has 0 atom stereocenters. The third kappa shape index (κ3) is 3.52. The maximum absolute atomic E-state index is 13.5. The molecule has 0 aliphatic carbocycles. The Morgan fingerprint density at radius 1 is 1.16 bits per heavy atom. The van der Waals surface area contributed by atoms with Crippen molar-refractivity contribution < 1.29 is 13.5 Å². The van der Waals surface area contributed by atoms with Crippen LogP contribution in [0.25, 0.3) is 0 Å². The van der Waals surface area contributed by atoms with Gasteiger partial charge in [0, 0.05) is 16.1 Å². The van der Waals surface area contributed by atoms with E-state index in [9.17, 15) is 8.78 Å². The Hall–Kier alpha value is -1.93. The van der Waals surface area contributed by atoms with E-state index in [1.165, 1.54) is 30.3 Å². The summed E-state index contributed by atoms with van der Waals surface area (Å²) in [5, 5.41) is 8.74. The second-order valence-corrected chi connectivity index (χ2v) is 4.73. The first kappa shape index (κ1) is 13.5. The van der Waals surface area contributed by atoms with Crippen LogP contribution in [0, 0.1) is 23.0 Å². The van der Waals surface area contributed by atoms with Crippen molar-refractivity contribution in [3.05, 3.63) is 63.6 Å². The highest BCUT2D eigenvalue weighted by Crippen LogP contribution is 2.22. The van der Waals surface area contributed by atoms with Gasteiger partial charge in [-0.3, -0.25) is 0 Å². The molecule has 0 amide bonds. The number of hydrogen-bond donors (Lipinski definition) is 0. The molecule has 0 unspecified atom stereocenters. The number of halogens is 3. The number of benzene rings is 2. The van der Waals surface area contributed by atoms with Crippen molar-refractivity contribution in [3.63, 3.8) is 0 Å². The summed E-state index contributed by atoms with van der Waals surface area (Å²) in [4.78, 5) is 0. The van der Waals surface area contributed by atoms with Crippen molar-refractivity contribution in [2.45, 2.75) is 6.61 Å². The molecule has 2 rings (SSSR count). The van der Waals surface area contributed by atoms with Crippen molar-refractivity contribution >= 4 is 15.9 Å². The SMILES string of the molecule is N#Cc1ccc(F)c(COc2cc(F)cc(Br)c2)c1. The van der Waals surface area contributed by atoms with Gasteiger partial charge in [0.15, 0.2) is 0 Å². The summed E-state index contributed by atoms with van der Waals surface area (Å²) in [6.07, 6.45) is 0. The summed E-state index contributed by atoms with van der Waals surface area (Å²) in [7, 11) is 0. The van der Waals surface area contributed by atoms with Crippen LogP contribution >= 0.6 is 15.9 Å². The predicted molar refractivity (Wildman–Crippen MR) is 69.5 cm³/mol. The van der Waals surface area contributed by atoms with E-state index in [-0.39, 0.29) is 17.9 Å². The first-order valence-corrected chi connectivity index (χ1v) is 6.15. The molecule has 2 aromatic carbocycles. The Morgan fingerprint density at radius 2 is 1.95 bits per heavy atom. The third-order valence-electron chi connectivity index (χ3n) is 2.41. The van der Waals surface area contributed by atoms with Crippen molar-refractivity contribution in [2.24, 2.45) is 0 Å². The maximum Gasteiger partial charge on any atom is 0.129 e. The van der Waals surface area contributed by atoms with Crippen LogP contribution in [0.3, 0.4) is 0 Å². The van der Waals surface area contributed by atoms with Crippen LogP contribution in [0.15, 0.2) is 40.9 Å². The quantitative estimate of drug-likeness (QED) is 0.849. The zero-order chi connectivity index (χ0) is 13.8. The minimum Gasteiger partial charge on any atom is -0.489 e. The van der Waals surface area contributed by atoms with Gasteiger partial charge in [-0.05, 0) is 30.3 Å². The van der Waals surface area contributed by atoms with E-state index in [1.54, 1.807) is 6.07 Å². The Labute approximate surface area is 117 Å². The van der Waals surface area contributed by atoms with Gasteiger partial charge in [0.05, 0.1) is 11.6 Å². The summed E-state index contributed by atoms with van der Waals surface area (Å²) >= 11 is 3.14. The van der Waals surface area contributed by atoms with E-state index in [1.807, 2.05) is 6.07 Å². The summed E-state index contributed by atoms with van der Waals surface area (Å²) in [5.74, 6) is -0.626. The van der Waals surface area contributed by atoms with Crippen molar-refractivity contribution in [1.82, 2.24) is 0 Å². The lowest BCUT2D eigenvalue weighted by Crippen LogP contribution is -1.99. The highest BCUT2D eigenvalue weighted by Gasteiger charge is 2.06. The second kappa shape index (κ2) is 5.81. The molecule has 0 bridgehead atoms. The zero-order valence-corrected chi connectivity index (χ0v) is 11.2. The molecule has 0 aromatic heterocycles. The number of rotatable bonds is 3. The molecule has 96 valence electrons. The van der Waals surface area contributed by atoms with Crippen molar-refractivity contribution in [3.8, 4) is 11.8 Å². The van der Waals surface area contributed by atoms with Crippen LogP contribution in [0.2, 0.25) is 0 Å². The minimum atomic E-state index is -0.463. The third-order valence-corrected chi connectivity index (χ3v) is 2.86. The fourth-order valence-corrected chi connectivity index (χ4v) is 1.97. The van der Waals surface area contributed by atoms with E-state index in [2.05, 4.69) is 15.9 Å². The fraction of sp³-hybridized carbons (Fsp3) is 0.0714. The van der Waals surface area contributed by atoms with Crippen molar-refractivity contribution in [2.75, 3.05) is 0 Å². The molecule has 0 fully saturated rings. The summed E-state index contributed by atoms with van der Waals surface area (Å²) in [5.41, 5.74) is 0.597. The van der Waals surface area contributed by atoms with Crippen molar-refractivity contribution in [1.29, 1.82) is 5.26 Å². The Morgan fingerprint density at radius 3 is 2.63 bits per heavy atom. The van der Waals surface area contributed by atoms with Crippen LogP contribution in [0.1, 0.15) is 11.1 Å². The second-order valence-electron chi connectivity index (χ2n) is 3.81. The lowest BCUT2D eigenvalue weighted by Gasteiger charge is -2.08. The Bertz CT molecular complexity index is 632. The topological polar surface area (TPSA) is 33.0 Å². The molecule has 0 saturated heterocycles. The highest BCUT2D eigenvalue weighted by molar-refractivity contribution is 9.10. The Kier molecular flexibility index (Phi) is 4.13. The number of nitriles is 1. The number of ether oxygens (including phenoxy) is 1. The molecule has 19 heavy (non-hydrogen) atoms. The van der Waals surface area contributed by atoms with E-state index < -0.39 is 11.6 Å². The van der Waals surface area contributed by atoms with Gasteiger partial charge in [-0.15, -0.1) is 0 Å². The molecule has 0 aliphatic heterocycles. The smallest absolute Gasteiger partial charge is 0.129 e. The van der Waals surface area contributed by atoms with Gasteiger partial charge in [0.25, 0.3) is 0 Å². The molecule has 5 heteroatoms. The lowest BCUT2D eigenvalue weighted by molar-refractivity contribution is 0.298. The molecule has 2 nitrogen and oxygen atoms in total. The normalized spacial score (nSPS) is 10.0. The average molecular weight is 324 g/mol. The molecule has 0 radical (unpaired) electrons. The largest absolute Gasteiger partial charge is 0.489 e. The minimum absolute atomic E-state index is 0.0722. The van der Waals surface area contributed by atoms with Gasteiger partial charge in [0.1, 0.15) is 24.0 Å². The van der Waals surface area contributed by atoms with Crippen LogP contribution in [0.5, 0.6) is 5.75 Å². The van der Waals surface area contributed by atoms with Crippen LogP contribution in [-0.2, 0) is 6.61 Å². The molecule has 0 aliphatic rings. The van der Waals surface area contributed by atoms with Gasteiger partial charge in [0.2, 0.25) is 0 Å². The fourth-order valence-electron chi connectivity index (χ4n) is 1.53. The highest BCUT2D eigenvalue weighted by atomic mass is 79.9. The summed E-state index contributed by atoms with van der Waals surface area (Å²) in [6.45, 7) is -0.0722.